The van der Waals surface area contributed by atoms with Crippen LogP contribution in [0.4, 0.5) is 5.69 Å². The molecule has 0 radical (unpaired) electrons. The van der Waals surface area contributed by atoms with Gasteiger partial charge in [0.2, 0.25) is 5.91 Å². The van der Waals surface area contributed by atoms with E-state index in [9.17, 15) is 9.59 Å². The van der Waals surface area contributed by atoms with E-state index < -0.39 is 11.9 Å². The van der Waals surface area contributed by atoms with Crippen LogP contribution in [0.2, 0.25) is 0 Å². The van der Waals surface area contributed by atoms with Crippen molar-refractivity contribution in [2.75, 3.05) is 5.73 Å². The van der Waals surface area contributed by atoms with Crippen LogP contribution in [-0.4, -0.2) is 17.9 Å². The maximum atomic E-state index is 11.9. The van der Waals surface area contributed by atoms with Gasteiger partial charge in [0.1, 0.15) is 6.04 Å². The summed E-state index contributed by atoms with van der Waals surface area (Å²) in [6, 6.07) is 4.15. The molecular weight excluding hydrogens is 298 g/mol. The highest BCUT2D eigenvalue weighted by atomic mass is 79.9. The molecule has 1 aromatic carbocycles. The number of anilines is 1. The van der Waals surface area contributed by atoms with Crippen LogP contribution < -0.4 is 16.8 Å². The number of carbonyl (C=O) groups is 2. The number of nitrogens with one attached hydrogen (secondary N) is 1. The van der Waals surface area contributed by atoms with Crippen molar-refractivity contribution in [2.45, 2.75) is 19.9 Å². The van der Waals surface area contributed by atoms with Crippen molar-refractivity contribution >= 4 is 33.4 Å². The van der Waals surface area contributed by atoms with Gasteiger partial charge < -0.3 is 16.8 Å². The third-order valence-electron chi connectivity index (χ3n) is 2.52. The molecule has 5 nitrogen and oxygen atoms in total. The normalized spacial score (nSPS) is 12.2. The molecule has 1 rings (SSSR count). The molecule has 1 aromatic rings. The summed E-state index contributed by atoms with van der Waals surface area (Å²) in [5, 5.41) is 2.59. The van der Waals surface area contributed by atoms with Crippen LogP contribution in [0.5, 0.6) is 0 Å². The molecule has 1 atom stereocenters. The van der Waals surface area contributed by atoms with Gasteiger partial charge >= 0.3 is 0 Å². The molecule has 1 unspecified atom stereocenters. The van der Waals surface area contributed by atoms with Crippen molar-refractivity contribution in [2.24, 2.45) is 11.7 Å². The largest absolute Gasteiger partial charge is 0.398 e. The smallest absolute Gasteiger partial charge is 0.252 e. The Balaban J connectivity index is 2.87. The van der Waals surface area contributed by atoms with E-state index in [1.807, 2.05) is 13.8 Å². The van der Waals surface area contributed by atoms with E-state index in [0.717, 1.165) is 4.47 Å². The average Bonchev–Trinajstić information content (AvgIpc) is 2.28. The summed E-state index contributed by atoms with van der Waals surface area (Å²) >= 11 is 3.24. The second kappa shape index (κ2) is 5.86. The van der Waals surface area contributed by atoms with Crippen LogP contribution in [0.25, 0.3) is 0 Å². The first kappa shape index (κ1) is 14.5. The van der Waals surface area contributed by atoms with Crippen LogP contribution in [0.3, 0.4) is 0 Å². The molecule has 0 saturated carbocycles. The molecule has 18 heavy (non-hydrogen) atoms. The maximum Gasteiger partial charge on any atom is 0.252 e. The van der Waals surface area contributed by atoms with Gasteiger partial charge in [0.25, 0.3) is 5.91 Å². The highest BCUT2D eigenvalue weighted by Gasteiger charge is 2.22. The zero-order valence-corrected chi connectivity index (χ0v) is 11.8. The average molecular weight is 314 g/mol. The van der Waals surface area contributed by atoms with Crippen molar-refractivity contribution < 1.29 is 9.59 Å². The van der Waals surface area contributed by atoms with Gasteiger partial charge in [-0.25, -0.2) is 0 Å². The van der Waals surface area contributed by atoms with E-state index in [0.29, 0.717) is 11.3 Å². The Kier molecular flexibility index (Phi) is 4.72. The lowest BCUT2D eigenvalue weighted by atomic mass is 10.0. The van der Waals surface area contributed by atoms with Crippen LogP contribution in [0.1, 0.15) is 24.2 Å². The highest BCUT2D eigenvalue weighted by molar-refractivity contribution is 9.10. The quantitative estimate of drug-likeness (QED) is 0.730. The van der Waals surface area contributed by atoms with Crippen LogP contribution in [0, 0.1) is 5.92 Å². The van der Waals surface area contributed by atoms with Crippen molar-refractivity contribution in [3.8, 4) is 0 Å². The fourth-order valence-electron chi connectivity index (χ4n) is 1.48. The monoisotopic (exact) mass is 313 g/mol. The summed E-state index contributed by atoms with van der Waals surface area (Å²) in [4.78, 5) is 23.1. The van der Waals surface area contributed by atoms with E-state index >= 15 is 0 Å². The zero-order chi connectivity index (χ0) is 13.9. The second-order valence-electron chi connectivity index (χ2n) is 4.33. The molecule has 0 saturated heterocycles. The number of nitrogens with two attached hydrogens (primary N) is 2. The van der Waals surface area contributed by atoms with E-state index in [1.54, 1.807) is 12.1 Å². The van der Waals surface area contributed by atoms with Gasteiger partial charge in [-0.3, -0.25) is 9.59 Å². The Labute approximate surface area is 114 Å². The first-order chi connectivity index (χ1) is 8.32. The predicted octanol–water partition coefficient (Wildman–Crippen LogP) is 1.27. The fraction of sp³-hybridized carbons (Fsp3) is 0.333. The summed E-state index contributed by atoms with van der Waals surface area (Å²) < 4.78 is 0.717. The third kappa shape index (κ3) is 3.46. The first-order valence-corrected chi connectivity index (χ1v) is 6.27. The lowest BCUT2D eigenvalue weighted by Crippen LogP contribution is -2.47. The highest BCUT2D eigenvalue weighted by Crippen LogP contribution is 2.20. The third-order valence-corrected chi connectivity index (χ3v) is 3.24. The number of nitrogen functional groups attached to an aromatic ring is 1. The lowest BCUT2D eigenvalue weighted by molar-refractivity contribution is -0.120. The molecule has 0 bridgehead atoms. The molecular formula is C12H16BrN3O2. The summed E-state index contributed by atoms with van der Waals surface area (Å²) in [5.41, 5.74) is 11.8. The molecule has 0 heterocycles. The van der Waals surface area contributed by atoms with Crippen molar-refractivity contribution in [1.29, 1.82) is 0 Å². The van der Waals surface area contributed by atoms with Gasteiger partial charge in [-0.05, 0) is 40.0 Å². The maximum absolute atomic E-state index is 11.9. The predicted molar refractivity (Wildman–Crippen MR) is 73.8 cm³/mol. The van der Waals surface area contributed by atoms with E-state index in [2.05, 4.69) is 21.2 Å². The first-order valence-electron chi connectivity index (χ1n) is 5.48. The number of halogens is 1. The molecule has 0 aliphatic carbocycles. The second-order valence-corrected chi connectivity index (χ2v) is 5.19. The van der Waals surface area contributed by atoms with Crippen LogP contribution >= 0.6 is 15.9 Å². The van der Waals surface area contributed by atoms with E-state index in [1.165, 1.54) is 6.07 Å². The minimum atomic E-state index is -0.692. The number of benzene rings is 1. The number of hydrogen-bond acceptors (Lipinski definition) is 3. The van der Waals surface area contributed by atoms with Gasteiger partial charge in [0.05, 0.1) is 0 Å². The molecule has 6 heteroatoms. The Morgan fingerprint density at radius 2 is 1.94 bits per heavy atom. The SMILES string of the molecule is CC(C)C(NC(=O)c1ccc(Br)c(N)c1)C(N)=O. The Morgan fingerprint density at radius 1 is 1.33 bits per heavy atom. The van der Waals surface area contributed by atoms with Crippen molar-refractivity contribution in [3.63, 3.8) is 0 Å². The number of amides is 2. The number of primary amides is 1. The molecule has 0 aliphatic rings. The van der Waals surface area contributed by atoms with Crippen molar-refractivity contribution in [3.05, 3.63) is 28.2 Å². The zero-order valence-electron chi connectivity index (χ0n) is 10.2. The van der Waals surface area contributed by atoms with Gasteiger partial charge in [-0.15, -0.1) is 0 Å². The van der Waals surface area contributed by atoms with Crippen LogP contribution in [0.15, 0.2) is 22.7 Å². The minimum Gasteiger partial charge on any atom is -0.398 e. The fourth-order valence-corrected chi connectivity index (χ4v) is 1.72. The molecule has 2 amide bonds. The minimum absolute atomic E-state index is 0.0701. The van der Waals surface area contributed by atoms with Gasteiger partial charge in [-0.1, -0.05) is 13.8 Å². The number of hydrogen-bond donors (Lipinski definition) is 3. The molecule has 98 valence electrons. The van der Waals surface area contributed by atoms with Gasteiger partial charge in [0, 0.05) is 15.7 Å². The Bertz CT molecular complexity index is 474. The molecule has 0 fully saturated rings. The molecule has 0 aromatic heterocycles. The number of carbonyl (C=O) groups excluding carboxylic acids is 2. The summed E-state index contributed by atoms with van der Waals surface area (Å²) in [6.07, 6.45) is 0. The van der Waals surface area contributed by atoms with Crippen molar-refractivity contribution in [1.82, 2.24) is 5.32 Å². The number of rotatable bonds is 4. The summed E-state index contributed by atoms with van der Waals surface area (Å²) in [6.45, 7) is 3.62. The Hall–Kier alpha value is -1.56. The summed E-state index contributed by atoms with van der Waals surface area (Å²) in [7, 11) is 0. The Morgan fingerprint density at radius 3 is 2.39 bits per heavy atom. The lowest BCUT2D eigenvalue weighted by Gasteiger charge is -2.19. The molecule has 5 N–H and O–H groups in total. The summed E-state index contributed by atoms with van der Waals surface area (Å²) in [5.74, 6) is -0.991. The van der Waals surface area contributed by atoms with Gasteiger partial charge in [-0.2, -0.15) is 0 Å². The van der Waals surface area contributed by atoms with E-state index in [-0.39, 0.29) is 11.8 Å². The topological polar surface area (TPSA) is 98.2 Å². The van der Waals surface area contributed by atoms with E-state index in [4.69, 9.17) is 11.5 Å². The molecule has 0 aliphatic heterocycles. The molecule has 0 spiro atoms. The van der Waals surface area contributed by atoms with Crippen LogP contribution in [-0.2, 0) is 4.79 Å². The standard InChI is InChI=1S/C12H16BrN3O2/c1-6(2)10(11(15)17)16-12(18)7-3-4-8(13)9(14)5-7/h3-6,10H,14H2,1-2H3,(H2,15,17)(H,16,18). The van der Waals surface area contributed by atoms with Gasteiger partial charge in [0.15, 0.2) is 0 Å².